The van der Waals surface area contributed by atoms with E-state index in [0.29, 0.717) is 19.3 Å². The van der Waals surface area contributed by atoms with Crippen LogP contribution in [-0.2, 0) is 14.3 Å². The van der Waals surface area contributed by atoms with Gasteiger partial charge in [-0.05, 0) is 25.7 Å². The summed E-state index contributed by atoms with van der Waals surface area (Å²) >= 11 is 0. The Kier molecular flexibility index (Phi) is 4.77. The maximum atomic E-state index is 11.5. The van der Waals surface area contributed by atoms with Crippen LogP contribution in [0.3, 0.4) is 0 Å². The molecule has 1 aliphatic carbocycles. The Morgan fingerprint density at radius 2 is 2.25 bits per heavy atom. The number of esters is 1. The Labute approximate surface area is 94.8 Å². The van der Waals surface area contributed by atoms with E-state index in [-0.39, 0.29) is 11.8 Å². The van der Waals surface area contributed by atoms with E-state index in [0.717, 1.165) is 12.8 Å². The van der Waals surface area contributed by atoms with Crippen molar-refractivity contribution >= 4 is 11.9 Å². The number of nitrogens with zero attached hydrogens (tertiary/aromatic N) is 1. The van der Waals surface area contributed by atoms with E-state index in [1.807, 2.05) is 6.07 Å². The maximum Gasteiger partial charge on any atom is 0.328 e. The van der Waals surface area contributed by atoms with Crippen molar-refractivity contribution in [2.75, 3.05) is 7.11 Å². The molecular weight excluding hydrogens is 208 g/mol. The second-order valence-corrected chi connectivity index (χ2v) is 3.91. The van der Waals surface area contributed by atoms with Crippen molar-refractivity contribution in [3.8, 4) is 6.07 Å². The van der Waals surface area contributed by atoms with Crippen LogP contribution in [0.15, 0.2) is 0 Å². The number of nitrogens with one attached hydrogen (secondary N) is 1. The summed E-state index contributed by atoms with van der Waals surface area (Å²) in [5.41, 5.74) is 0. The number of hydrogen-bond acceptors (Lipinski definition) is 4. The molecule has 1 amide bonds. The molecule has 1 atom stereocenters. The third-order valence-electron chi connectivity index (χ3n) is 2.53. The van der Waals surface area contributed by atoms with Crippen LogP contribution in [0.2, 0.25) is 0 Å². The number of ether oxygens (including phenoxy) is 1. The molecule has 0 radical (unpaired) electrons. The standard InChI is InChI=1S/C11H16N2O3/c1-16-11(15)9(4-2-3-7-12)13-10(14)8-5-6-8/h8-9H,2-6H2,1H3,(H,13,14)/t9-/m1/s1. The molecule has 0 bridgehead atoms. The topological polar surface area (TPSA) is 79.2 Å². The Bertz CT molecular complexity index is 305. The Balaban J connectivity index is 2.39. The largest absolute Gasteiger partial charge is 0.467 e. The molecule has 0 aromatic carbocycles. The quantitative estimate of drug-likeness (QED) is 0.533. The molecule has 1 saturated carbocycles. The molecule has 5 heteroatoms. The number of methoxy groups -OCH3 is 1. The van der Waals surface area contributed by atoms with Crippen molar-refractivity contribution < 1.29 is 14.3 Å². The molecule has 0 aliphatic heterocycles. The molecule has 88 valence electrons. The summed E-state index contributed by atoms with van der Waals surface area (Å²) in [5.74, 6) is -0.442. The first kappa shape index (κ1) is 12.5. The van der Waals surface area contributed by atoms with Gasteiger partial charge in [0.2, 0.25) is 5.91 Å². The van der Waals surface area contributed by atoms with Gasteiger partial charge < -0.3 is 10.1 Å². The first-order valence-electron chi connectivity index (χ1n) is 5.44. The average molecular weight is 224 g/mol. The first-order chi connectivity index (χ1) is 7.69. The van der Waals surface area contributed by atoms with Crippen LogP contribution in [0, 0.1) is 17.2 Å². The van der Waals surface area contributed by atoms with Gasteiger partial charge in [0.05, 0.1) is 13.2 Å². The second-order valence-electron chi connectivity index (χ2n) is 3.91. The van der Waals surface area contributed by atoms with Crippen LogP contribution < -0.4 is 5.32 Å². The summed E-state index contributed by atoms with van der Waals surface area (Å²) in [5, 5.41) is 11.1. The van der Waals surface area contributed by atoms with Gasteiger partial charge in [-0.15, -0.1) is 0 Å². The molecule has 0 aromatic heterocycles. The minimum Gasteiger partial charge on any atom is -0.467 e. The first-order valence-corrected chi connectivity index (χ1v) is 5.44. The highest BCUT2D eigenvalue weighted by Crippen LogP contribution is 2.29. The summed E-state index contributed by atoms with van der Waals surface area (Å²) in [4.78, 5) is 22.8. The van der Waals surface area contributed by atoms with Crippen LogP contribution in [0.5, 0.6) is 0 Å². The Morgan fingerprint density at radius 1 is 1.56 bits per heavy atom. The summed E-state index contributed by atoms with van der Waals surface area (Å²) in [6.07, 6.45) is 3.22. The van der Waals surface area contributed by atoms with Crippen LogP contribution in [0.4, 0.5) is 0 Å². The van der Waals surface area contributed by atoms with Crippen LogP contribution in [-0.4, -0.2) is 25.0 Å². The Morgan fingerprint density at radius 3 is 2.75 bits per heavy atom. The molecule has 1 aliphatic rings. The normalized spacial score (nSPS) is 16.0. The van der Waals surface area contributed by atoms with Crippen LogP contribution in [0.25, 0.3) is 0 Å². The molecule has 0 heterocycles. The van der Waals surface area contributed by atoms with Gasteiger partial charge in [-0.3, -0.25) is 4.79 Å². The van der Waals surface area contributed by atoms with Gasteiger partial charge in [0.15, 0.2) is 0 Å². The number of rotatable bonds is 6. The summed E-state index contributed by atoms with van der Waals surface area (Å²) in [7, 11) is 1.29. The van der Waals surface area contributed by atoms with Crippen LogP contribution >= 0.6 is 0 Å². The number of carbonyl (C=O) groups is 2. The molecule has 0 saturated heterocycles. The van der Waals surface area contributed by atoms with E-state index >= 15 is 0 Å². The van der Waals surface area contributed by atoms with Crippen molar-refractivity contribution in [3.63, 3.8) is 0 Å². The highest BCUT2D eigenvalue weighted by atomic mass is 16.5. The van der Waals surface area contributed by atoms with E-state index < -0.39 is 12.0 Å². The fraction of sp³-hybridized carbons (Fsp3) is 0.727. The van der Waals surface area contributed by atoms with E-state index in [4.69, 9.17) is 5.26 Å². The lowest BCUT2D eigenvalue weighted by Gasteiger charge is -2.15. The van der Waals surface area contributed by atoms with Crippen molar-refractivity contribution in [2.24, 2.45) is 5.92 Å². The molecule has 16 heavy (non-hydrogen) atoms. The van der Waals surface area contributed by atoms with E-state index in [1.54, 1.807) is 0 Å². The van der Waals surface area contributed by atoms with Crippen molar-refractivity contribution in [2.45, 2.75) is 38.1 Å². The Hall–Kier alpha value is -1.57. The highest BCUT2D eigenvalue weighted by Gasteiger charge is 2.32. The van der Waals surface area contributed by atoms with Gasteiger partial charge >= 0.3 is 5.97 Å². The minimum atomic E-state index is -0.605. The van der Waals surface area contributed by atoms with Gasteiger partial charge in [-0.2, -0.15) is 5.26 Å². The summed E-state index contributed by atoms with van der Waals surface area (Å²) in [6.45, 7) is 0. The zero-order valence-corrected chi connectivity index (χ0v) is 9.36. The molecule has 1 fully saturated rings. The van der Waals surface area contributed by atoms with Gasteiger partial charge in [-0.25, -0.2) is 4.79 Å². The molecule has 0 spiro atoms. The van der Waals surface area contributed by atoms with Crippen LogP contribution in [0.1, 0.15) is 32.1 Å². The summed E-state index contributed by atoms with van der Waals surface area (Å²) < 4.78 is 4.61. The second kappa shape index (κ2) is 6.11. The third kappa shape index (κ3) is 3.89. The smallest absolute Gasteiger partial charge is 0.328 e. The van der Waals surface area contributed by atoms with Crippen molar-refractivity contribution in [1.29, 1.82) is 5.26 Å². The molecule has 0 aromatic rings. The lowest BCUT2D eigenvalue weighted by molar-refractivity contribution is -0.145. The number of hydrogen-bond donors (Lipinski definition) is 1. The van der Waals surface area contributed by atoms with Crippen molar-refractivity contribution in [3.05, 3.63) is 0 Å². The van der Waals surface area contributed by atoms with E-state index in [1.165, 1.54) is 7.11 Å². The number of nitriles is 1. The SMILES string of the molecule is COC(=O)[C@@H](CCCC#N)NC(=O)C1CC1. The lowest BCUT2D eigenvalue weighted by Crippen LogP contribution is -2.42. The van der Waals surface area contributed by atoms with Crippen molar-refractivity contribution in [1.82, 2.24) is 5.32 Å². The molecule has 1 N–H and O–H groups in total. The lowest BCUT2D eigenvalue weighted by atomic mass is 10.1. The third-order valence-corrected chi connectivity index (χ3v) is 2.53. The molecular formula is C11H16N2O3. The predicted octanol–water partition coefficient (Wildman–Crippen LogP) is 0.748. The monoisotopic (exact) mass is 224 g/mol. The maximum absolute atomic E-state index is 11.5. The average Bonchev–Trinajstić information content (AvgIpc) is 3.10. The van der Waals surface area contributed by atoms with Gasteiger partial charge in [0.1, 0.15) is 6.04 Å². The van der Waals surface area contributed by atoms with Gasteiger partial charge in [0, 0.05) is 12.3 Å². The number of carbonyl (C=O) groups excluding carboxylic acids is 2. The predicted molar refractivity (Wildman–Crippen MR) is 56.1 cm³/mol. The summed E-state index contributed by atoms with van der Waals surface area (Å²) in [6, 6.07) is 1.40. The van der Waals surface area contributed by atoms with Gasteiger partial charge in [0.25, 0.3) is 0 Å². The number of amides is 1. The fourth-order valence-corrected chi connectivity index (χ4v) is 1.41. The fourth-order valence-electron chi connectivity index (χ4n) is 1.41. The van der Waals surface area contributed by atoms with E-state index in [2.05, 4.69) is 10.1 Å². The molecule has 1 rings (SSSR count). The van der Waals surface area contributed by atoms with Gasteiger partial charge in [-0.1, -0.05) is 0 Å². The molecule has 5 nitrogen and oxygen atoms in total. The molecule has 0 unspecified atom stereocenters. The number of unbranched alkanes of at least 4 members (excludes halogenated alkanes) is 1. The zero-order chi connectivity index (χ0) is 12.0. The zero-order valence-electron chi connectivity index (χ0n) is 9.36. The highest BCUT2D eigenvalue weighted by molar-refractivity contribution is 5.86. The van der Waals surface area contributed by atoms with E-state index in [9.17, 15) is 9.59 Å². The minimum absolute atomic E-state index is 0.0723.